The molecule has 1 aliphatic carbocycles. The molecule has 1 amide bonds. The molecule has 3 aromatic rings. The van der Waals surface area contributed by atoms with Gasteiger partial charge >= 0.3 is 0 Å². The Morgan fingerprint density at radius 3 is 2.62 bits per heavy atom. The summed E-state index contributed by atoms with van der Waals surface area (Å²) in [6, 6.07) is 9.20. The van der Waals surface area contributed by atoms with Gasteiger partial charge in [-0.15, -0.1) is 11.3 Å². The molecule has 8 heteroatoms. The number of halogens is 1. The SMILES string of the molecule is CC(=O)c1sc(N(C(=O)c2cc(COc3ccc(Cl)cc3)cs2)C2CC2)nc1C. The molecule has 2 heterocycles. The predicted molar refractivity (Wildman–Crippen MR) is 117 cm³/mol. The number of benzene rings is 1. The van der Waals surface area contributed by atoms with Crippen molar-refractivity contribution in [3.8, 4) is 5.75 Å². The Morgan fingerprint density at radius 2 is 2.00 bits per heavy atom. The van der Waals surface area contributed by atoms with Crippen LogP contribution in [-0.4, -0.2) is 22.7 Å². The topological polar surface area (TPSA) is 59.5 Å². The van der Waals surface area contributed by atoms with E-state index in [0.717, 1.165) is 24.2 Å². The van der Waals surface area contributed by atoms with E-state index in [1.165, 1.54) is 29.6 Å². The van der Waals surface area contributed by atoms with Crippen molar-refractivity contribution in [1.82, 2.24) is 4.98 Å². The summed E-state index contributed by atoms with van der Waals surface area (Å²) in [7, 11) is 0. The molecule has 1 aliphatic rings. The Kier molecular flexibility index (Phi) is 5.72. The second-order valence-electron chi connectivity index (χ2n) is 6.94. The maximum Gasteiger partial charge on any atom is 0.270 e. The summed E-state index contributed by atoms with van der Waals surface area (Å²) >= 11 is 8.58. The number of hydrogen-bond acceptors (Lipinski definition) is 6. The summed E-state index contributed by atoms with van der Waals surface area (Å²) in [5.74, 6) is 0.634. The zero-order valence-electron chi connectivity index (χ0n) is 16.0. The molecule has 0 bridgehead atoms. The molecule has 29 heavy (non-hydrogen) atoms. The lowest BCUT2D eigenvalue weighted by Crippen LogP contribution is -2.32. The number of carbonyl (C=O) groups excluding carboxylic acids is 2. The minimum absolute atomic E-state index is 0.0211. The molecule has 5 nitrogen and oxygen atoms in total. The molecule has 1 aromatic carbocycles. The molecule has 0 saturated heterocycles. The zero-order valence-corrected chi connectivity index (χ0v) is 18.4. The maximum atomic E-state index is 13.2. The van der Waals surface area contributed by atoms with Crippen molar-refractivity contribution >= 4 is 51.1 Å². The molecule has 1 saturated carbocycles. The van der Waals surface area contributed by atoms with Crippen LogP contribution in [0.25, 0.3) is 0 Å². The lowest BCUT2D eigenvalue weighted by molar-refractivity contribution is 0.0986. The third-order valence-corrected chi connectivity index (χ3v) is 7.00. The molecule has 150 valence electrons. The van der Waals surface area contributed by atoms with Crippen LogP contribution in [-0.2, 0) is 6.61 Å². The van der Waals surface area contributed by atoms with Crippen molar-refractivity contribution < 1.29 is 14.3 Å². The van der Waals surface area contributed by atoms with Gasteiger partial charge in [-0.3, -0.25) is 14.5 Å². The number of aryl methyl sites for hydroxylation is 1. The number of thiazole rings is 1. The van der Waals surface area contributed by atoms with Crippen LogP contribution in [0.15, 0.2) is 35.7 Å². The van der Waals surface area contributed by atoms with Crippen LogP contribution in [0.4, 0.5) is 5.13 Å². The van der Waals surface area contributed by atoms with Gasteiger partial charge in [0.25, 0.3) is 5.91 Å². The average molecular weight is 447 g/mol. The first-order valence-corrected chi connectivity index (χ1v) is 11.3. The Labute approximate surface area is 181 Å². The van der Waals surface area contributed by atoms with Gasteiger partial charge in [-0.1, -0.05) is 22.9 Å². The first-order chi connectivity index (χ1) is 13.9. The highest BCUT2D eigenvalue weighted by Crippen LogP contribution is 2.37. The summed E-state index contributed by atoms with van der Waals surface area (Å²) in [4.78, 5) is 32.5. The highest BCUT2D eigenvalue weighted by atomic mass is 35.5. The second-order valence-corrected chi connectivity index (χ2v) is 9.26. The molecule has 0 atom stereocenters. The minimum Gasteiger partial charge on any atom is -0.489 e. The standard InChI is InChI=1S/C21H19ClN2O3S2/c1-12-19(13(2)25)29-21(23-12)24(16-5-6-16)20(26)18-9-14(11-28-18)10-27-17-7-3-15(22)4-8-17/h3-4,7-9,11,16H,5-6,10H2,1-2H3. The molecule has 0 aliphatic heterocycles. The Hall–Kier alpha value is -2.22. The van der Waals surface area contributed by atoms with E-state index in [2.05, 4.69) is 4.98 Å². The number of ether oxygens (including phenoxy) is 1. The van der Waals surface area contributed by atoms with Crippen LogP contribution in [0.1, 0.15) is 50.4 Å². The number of nitrogens with zero attached hydrogens (tertiary/aromatic N) is 2. The Balaban J connectivity index is 1.50. The van der Waals surface area contributed by atoms with Crippen LogP contribution in [0.2, 0.25) is 5.02 Å². The molecule has 0 radical (unpaired) electrons. The lowest BCUT2D eigenvalue weighted by Gasteiger charge is -2.18. The molecule has 1 fully saturated rings. The number of carbonyl (C=O) groups is 2. The van der Waals surface area contributed by atoms with E-state index in [4.69, 9.17) is 16.3 Å². The molecule has 0 spiro atoms. The zero-order chi connectivity index (χ0) is 20.5. The van der Waals surface area contributed by atoms with Crippen molar-refractivity contribution in [1.29, 1.82) is 0 Å². The number of thiophene rings is 1. The maximum absolute atomic E-state index is 13.2. The molecular formula is C21H19ClN2O3S2. The summed E-state index contributed by atoms with van der Waals surface area (Å²) in [6.45, 7) is 3.71. The van der Waals surface area contributed by atoms with Crippen LogP contribution < -0.4 is 9.64 Å². The van der Waals surface area contributed by atoms with Gasteiger partial charge in [-0.05, 0) is 55.5 Å². The summed E-state index contributed by atoms with van der Waals surface area (Å²) in [5, 5.41) is 3.20. The lowest BCUT2D eigenvalue weighted by atomic mass is 10.3. The van der Waals surface area contributed by atoms with Gasteiger partial charge < -0.3 is 4.74 Å². The second kappa shape index (κ2) is 8.26. The van der Waals surface area contributed by atoms with E-state index in [9.17, 15) is 9.59 Å². The van der Waals surface area contributed by atoms with Crippen molar-refractivity contribution in [2.75, 3.05) is 4.90 Å². The fourth-order valence-electron chi connectivity index (χ4n) is 2.93. The average Bonchev–Trinajstić information content (AvgIpc) is 3.26. The van der Waals surface area contributed by atoms with Gasteiger partial charge in [0.2, 0.25) is 0 Å². The molecule has 2 aromatic heterocycles. The number of rotatable bonds is 7. The van der Waals surface area contributed by atoms with Gasteiger partial charge in [-0.25, -0.2) is 4.98 Å². The smallest absolute Gasteiger partial charge is 0.270 e. The number of hydrogen-bond donors (Lipinski definition) is 0. The molecule has 4 rings (SSSR count). The summed E-state index contributed by atoms with van der Waals surface area (Å²) < 4.78 is 5.77. The van der Waals surface area contributed by atoms with Gasteiger partial charge in [0.15, 0.2) is 10.9 Å². The highest BCUT2D eigenvalue weighted by Gasteiger charge is 2.37. The van der Waals surface area contributed by atoms with E-state index in [1.807, 2.05) is 30.5 Å². The highest BCUT2D eigenvalue weighted by molar-refractivity contribution is 7.18. The van der Waals surface area contributed by atoms with E-state index in [-0.39, 0.29) is 17.7 Å². The van der Waals surface area contributed by atoms with Crippen LogP contribution in [0.5, 0.6) is 5.75 Å². The Bertz CT molecular complexity index is 1050. The van der Waals surface area contributed by atoms with Crippen LogP contribution in [0.3, 0.4) is 0 Å². The van der Waals surface area contributed by atoms with Crippen molar-refractivity contribution in [2.24, 2.45) is 0 Å². The van der Waals surface area contributed by atoms with Gasteiger partial charge in [0, 0.05) is 23.6 Å². The van der Waals surface area contributed by atoms with Crippen LogP contribution >= 0.6 is 34.3 Å². The van der Waals surface area contributed by atoms with Crippen molar-refractivity contribution in [2.45, 2.75) is 39.3 Å². The summed E-state index contributed by atoms with van der Waals surface area (Å²) in [6.07, 6.45) is 1.91. The minimum atomic E-state index is -0.0703. The van der Waals surface area contributed by atoms with E-state index < -0.39 is 0 Å². The third-order valence-electron chi connectivity index (χ3n) is 4.53. The molecule has 0 unspecified atom stereocenters. The molecular weight excluding hydrogens is 428 g/mol. The Morgan fingerprint density at radius 1 is 1.28 bits per heavy atom. The van der Waals surface area contributed by atoms with Crippen molar-refractivity contribution in [3.63, 3.8) is 0 Å². The monoisotopic (exact) mass is 446 g/mol. The number of aromatic nitrogens is 1. The molecule has 0 N–H and O–H groups in total. The number of anilines is 1. The third kappa shape index (κ3) is 4.52. The van der Waals surface area contributed by atoms with E-state index in [0.29, 0.717) is 32.2 Å². The number of Topliss-reactive ketones (excluding diaryl/α,β-unsaturated/α-hetero) is 1. The van der Waals surface area contributed by atoms with E-state index in [1.54, 1.807) is 17.0 Å². The van der Waals surface area contributed by atoms with Gasteiger partial charge in [0.1, 0.15) is 12.4 Å². The van der Waals surface area contributed by atoms with Gasteiger partial charge in [-0.2, -0.15) is 0 Å². The van der Waals surface area contributed by atoms with Crippen LogP contribution in [0, 0.1) is 6.92 Å². The predicted octanol–water partition coefficient (Wildman–Crippen LogP) is 5.76. The largest absolute Gasteiger partial charge is 0.489 e. The number of amides is 1. The fraction of sp³-hybridized carbons (Fsp3) is 0.286. The summed E-state index contributed by atoms with van der Waals surface area (Å²) in [5.41, 5.74) is 1.61. The van der Waals surface area contributed by atoms with Gasteiger partial charge in [0.05, 0.1) is 15.4 Å². The van der Waals surface area contributed by atoms with E-state index >= 15 is 0 Å². The fourth-order valence-corrected chi connectivity index (χ4v) is 4.92. The first kappa shape index (κ1) is 20.1. The first-order valence-electron chi connectivity index (χ1n) is 9.20. The number of ketones is 1. The normalized spacial score (nSPS) is 13.3. The quantitative estimate of drug-likeness (QED) is 0.433. The van der Waals surface area contributed by atoms with Crippen molar-refractivity contribution in [3.05, 3.63) is 61.7 Å².